The van der Waals surface area contributed by atoms with Crippen molar-refractivity contribution in [3.63, 3.8) is 0 Å². The van der Waals surface area contributed by atoms with E-state index in [1.165, 1.54) is 0 Å². The van der Waals surface area contributed by atoms with Crippen molar-refractivity contribution in [1.29, 1.82) is 0 Å². The van der Waals surface area contributed by atoms with Gasteiger partial charge in [0.2, 0.25) is 0 Å². The molecule has 2 nitrogen and oxygen atoms in total. The van der Waals surface area contributed by atoms with E-state index in [1.54, 1.807) is 0 Å². The van der Waals surface area contributed by atoms with Crippen molar-refractivity contribution >= 4 is 31.9 Å². The van der Waals surface area contributed by atoms with Gasteiger partial charge < -0.3 is 0 Å². The van der Waals surface area contributed by atoms with Crippen LogP contribution in [-0.4, -0.2) is 9.97 Å². The number of hydrogen-bond acceptors (Lipinski definition) is 2. The van der Waals surface area contributed by atoms with Gasteiger partial charge in [-0.25, -0.2) is 9.97 Å². The van der Waals surface area contributed by atoms with Gasteiger partial charge in [0.15, 0.2) is 0 Å². The molecule has 4 heteroatoms. The number of benzene rings is 2. The molecule has 0 bridgehead atoms. The quantitative estimate of drug-likeness (QED) is 0.552. The van der Waals surface area contributed by atoms with Crippen LogP contribution in [0.5, 0.6) is 0 Å². The van der Waals surface area contributed by atoms with Crippen molar-refractivity contribution in [1.82, 2.24) is 9.97 Å². The van der Waals surface area contributed by atoms with Gasteiger partial charge in [0.25, 0.3) is 0 Å². The van der Waals surface area contributed by atoms with Crippen LogP contribution in [0.25, 0.3) is 22.5 Å². The minimum Gasteiger partial charge on any atom is -0.233 e. The van der Waals surface area contributed by atoms with Crippen LogP contribution in [0.15, 0.2) is 63.5 Å². The smallest absolute Gasteiger partial charge is 0.126 e. The molecule has 0 amide bonds. The lowest BCUT2D eigenvalue weighted by Crippen LogP contribution is -1.94. The first-order valence-electron chi connectivity index (χ1n) is 6.49. The summed E-state index contributed by atoms with van der Waals surface area (Å²) in [5.74, 6) is 0.772. The molecule has 0 atom stereocenters. The summed E-state index contributed by atoms with van der Waals surface area (Å²) < 4.78 is 2.12. The molecule has 0 saturated carbocycles. The van der Waals surface area contributed by atoms with E-state index in [2.05, 4.69) is 66.1 Å². The summed E-state index contributed by atoms with van der Waals surface area (Å²) >= 11 is 6.91. The standard InChI is InChI=1S/C17H12Br2N2/c1-11-20-16(12-2-6-14(18)7-3-12)10-17(21-11)13-4-8-15(19)9-5-13/h2-10H,1H3. The second kappa shape index (κ2) is 6.08. The van der Waals surface area contributed by atoms with E-state index in [4.69, 9.17) is 0 Å². The van der Waals surface area contributed by atoms with Gasteiger partial charge in [-0.15, -0.1) is 0 Å². The topological polar surface area (TPSA) is 25.8 Å². The fourth-order valence-electron chi connectivity index (χ4n) is 2.10. The van der Waals surface area contributed by atoms with Gasteiger partial charge in [0.1, 0.15) is 5.82 Å². The zero-order chi connectivity index (χ0) is 14.8. The Morgan fingerprint density at radius 3 is 1.43 bits per heavy atom. The SMILES string of the molecule is Cc1nc(-c2ccc(Br)cc2)cc(-c2ccc(Br)cc2)n1. The fourth-order valence-corrected chi connectivity index (χ4v) is 2.63. The van der Waals surface area contributed by atoms with Crippen molar-refractivity contribution in [2.24, 2.45) is 0 Å². The average Bonchev–Trinajstić information content (AvgIpc) is 2.48. The third-order valence-electron chi connectivity index (χ3n) is 3.12. The van der Waals surface area contributed by atoms with Gasteiger partial charge in [-0.3, -0.25) is 0 Å². The minimum atomic E-state index is 0.772. The lowest BCUT2D eigenvalue weighted by Gasteiger charge is -2.07. The fraction of sp³-hybridized carbons (Fsp3) is 0.0588. The molecule has 0 radical (unpaired) electrons. The van der Waals surface area contributed by atoms with Gasteiger partial charge in [-0.1, -0.05) is 56.1 Å². The zero-order valence-electron chi connectivity index (χ0n) is 11.3. The summed E-state index contributed by atoms with van der Waals surface area (Å²) in [6.07, 6.45) is 0. The molecule has 0 N–H and O–H groups in total. The molecule has 104 valence electrons. The highest BCUT2D eigenvalue weighted by atomic mass is 79.9. The first-order valence-corrected chi connectivity index (χ1v) is 8.08. The average molecular weight is 404 g/mol. The maximum atomic E-state index is 4.54. The second-order valence-electron chi connectivity index (χ2n) is 4.70. The highest BCUT2D eigenvalue weighted by Gasteiger charge is 2.06. The van der Waals surface area contributed by atoms with E-state index in [0.29, 0.717) is 0 Å². The summed E-state index contributed by atoms with van der Waals surface area (Å²) in [7, 11) is 0. The molecular weight excluding hydrogens is 392 g/mol. The first-order chi connectivity index (χ1) is 10.1. The van der Waals surface area contributed by atoms with Gasteiger partial charge in [-0.05, 0) is 37.3 Å². The van der Waals surface area contributed by atoms with Crippen molar-refractivity contribution < 1.29 is 0 Å². The van der Waals surface area contributed by atoms with E-state index in [0.717, 1.165) is 37.3 Å². The van der Waals surface area contributed by atoms with Crippen LogP contribution in [0, 0.1) is 6.92 Å². The van der Waals surface area contributed by atoms with Crippen molar-refractivity contribution in [2.45, 2.75) is 6.92 Å². The number of aromatic nitrogens is 2. The molecule has 0 aliphatic heterocycles. The number of aryl methyl sites for hydroxylation is 1. The van der Waals surface area contributed by atoms with Crippen LogP contribution in [0.3, 0.4) is 0 Å². The molecule has 1 aromatic heterocycles. The molecule has 0 spiro atoms. The lowest BCUT2D eigenvalue weighted by atomic mass is 10.1. The highest BCUT2D eigenvalue weighted by molar-refractivity contribution is 9.10. The van der Waals surface area contributed by atoms with Crippen LogP contribution in [0.4, 0.5) is 0 Å². The zero-order valence-corrected chi connectivity index (χ0v) is 14.5. The number of nitrogens with zero attached hydrogens (tertiary/aromatic N) is 2. The van der Waals surface area contributed by atoms with E-state index < -0.39 is 0 Å². The van der Waals surface area contributed by atoms with Crippen LogP contribution in [-0.2, 0) is 0 Å². The Bertz CT molecular complexity index is 702. The number of rotatable bonds is 2. The Balaban J connectivity index is 2.07. The maximum Gasteiger partial charge on any atom is 0.126 e. The largest absolute Gasteiger partial charge is 0.233 e. The van der Waals surface area contributed by atoms with Crippen LogP contribution < -0.4 is 0 Å². The van der Waals surface area contributed by atoms with E-state index in [1.807, 2.05) is 37.3 Å². The maximum absolute atomic E-state index is 4.54. The molecule has 2 aromatic carbocycles. The second-order valence-corrected chi connectivity index (χ2v) is 6.53. The Kier molecular flexibility index (Phi) is 4.17. The third-order valence-corrected chi connectivity index (χ3v) is 4.18. The molecule has 3 aromatic rings. The Hall–Kier alpha value is -1.52. The Morgan fingerprint density at radius 1 is 0.667 bits per heavy atom. The molecule has 1 heterocycles. The van der Waals surface area contributed by atoms with Crippen LogP contribution in [0.1, 0.15) is 5.82 Å². The molecule has 0 unspecified atom stereocenters. The molecule has 0 aliphatic rings. The third kappa shape index (κ3) is 3.39. The summed E-state index contributed by atoms with van der Waals surface area (Å²) in [6.45, 7) is 1.92. The molecule has 21 heavy (non-hydrogen) atoms. The van der Waals surface area contributed by atoms with Gasteiger partial charge in [0.05, 0.1) is 11.4 Å². The number of halogens is 2. The Labute approximate surface area is 140 Å². The monoisotopic (exact) mass is 402 g/mol. The normalized spacial score (nSPS) is 10.6. The van der Waals surface area contributed by atoms with Crippen molar-refractivity contribution in [3.05, 3.63) is 69.4 Å². The van der Waals surface area contributed by atoms with E-state index in [9.17, 15) is 0 Å². The predicted octanol–water partition coefficient (Wildman–Crippen LogP) is 5.64. The minimum absolute atomic E-state index is 0.772. The summed E-state index contributed by atoms with van der Waals surface area (Å²) in [5.41, 5.74) is 4.05. The molecule has 3 rings (SSSR count). The van der Waals surface area contributed by atoms with Crippen molar-refractivity contribution in [3.8, 4) is 22.5 Å². The van der Waals surface area contributed by atoms with Crippen LogP contribution in [0.2, 0.25) is 0 Å². The van der Waals surface area contributed by atoms with E-state index >= 15 is 0 Å². The van der Waals surface area contributed by atoms with Crippen molar-refractivity contribution in [2.75, 3.05) is 0 Å². The van der Waals surface area contributed by atoms with Gasteiger partial charge >= 0.3 is 0 Å². The lowest BCUT2D eigenvalue weighted by molar-refractivity contribution is 1.06. The molecule has 0 fully saturated rings. The molecule has 0 saturated heterocycles. The molecule has 0 aliphatic carbocycles. The van der Waals surface area contributed by atoms with Gasteiger partial charge in [-0.2, -0.15) is 0 Å². The summed E-state index contributed by atoms with van der Waals surface area (Å²) in [5, 5.41) is 0. The Morgan fingerprint density at radius 2 is 1.05 bits per heavy atom. The van der Waals surface area contributed by atoms with E-state index in [-0.39, 0.29) is 0 Å². The van der Waals surface area contributed by atoms with Gasteiger partial charge in [0, 0.05) is 20.1 Å². The van der Waals surface area contributed by atoms with Crippen LogP contribution >= 0.6 is 31.9 Å². The number of hydrogen-bond donors (Lipinski definition) is 0. The summed E-state index contributed by atoms with van der Waals surface area (Å²) in [4.78, 5) is 9.08. The molecular formula is C17H12Br2N2. The first kappa shape index (κ1) is 14.4. The highest BCUT2D eigenvalue weighted by Crippen LogP contribution is 2.25. The summed E-state index contributed by atoms with van der Waals surface area (Å²) in [6, 6.07) is 18.3. The predicted molar refractivity (Wildman–Crippen MR) is 93.0 cm³/mol.